The molecule has 140 valence electrons. The van der Waals surface area contributed by atoms with E-state index >= 15 is 0 Å². The molecule has 7 heteroatoms. The first-order valence-electron chi connectivity index (χ1n) is 8.80. The lowest BCUT2D eigenvalue weighted by Crippen LogP contribution is -2.56. The fourth-order valence-electron chi connectivity index (χ4n) is 3.52. The zero-order valence-electron chi connectivity index (χ0n) is 15.1. The second-order valence-electron chi connectivity index (χ2n) is 7.42. The van der Waals surface area contributed by atoms with Crippen molar-refractivity contribution in [1.82, 2.24) is 20.4 Å². The lowest BCUT2D eigenvalue weighted by molar-refractivity contribution is -0.132. The predicted octanol–water partition coefficient (Wildman–Crippen LogP) is 2.85. The smallest absolute Gasteiger partial charge is 0.248 e. The van der Waals surface area contributed by atoms with E-state index in [9.17, 15) is 9.18 Å². The van der Waals surface area contributed by atoms with Crippen LogP contribution >= 0.6 is 11.6 Å². The maximum Gasteiger partial charge on any atom is 0.248 e. The summed E-state index contributed by atoms with van der Waals surface area (Å²) >= 11 is 6.21. The second kappa shape index (κ2) is 7.37. The molecular formula is C19H24ClFN4O. The molecule has 0 spiro atoms. The van der Waals surface area contributed by atoms with E-state index in [0.29, 0.717) is 24.4 Å². The van der Waals surface area contributed by atoms with Gasteiger partial charge in [0.1, 0.15) is 11.4 Å². The van der Waals surface area contributed by atoms with Crippen LogP contribution < -0.4 is 10.6 Å². The van der Waals surface area contributed by atoms with E-state index in [1.807, 2.05) is 26.1 Å². The van der Waals surface area contributed by atoms with Gasteiger partial charge in [-0.05, 0) is 49.7 Å². The Morgan fingerprint density at radius 1 is 1.42 bits per heavy atom. The van der Waals surface area contributed by atoms with Crippen LogP contribution in [-0.4, -0.2) is 35.3 Å². The largest absolute Gasteiger partial charge is 0.353 e. The number of rotatable bonds is 5. The Morgan fingerprint density at radius 3 is 2.77 bits per heavy atom. The first kappa shape index (κ1) is 18.9. The van der Waals surface area contributed by atoms with Gasteiger partial charge >= 0.3 is 0 Å². The number of hydrogen-bond donors (Lipinski definition) is 2. The van der Waals surface area contributed by atoms with Crippen molar-refractivity contribution in [3.05, 3.63) is 53.1 Å². The van der Waals surface area contributed by atoms with Gasteiger partial charge in [-0.1, -0.05) is 31.5 Å². The minimum atomic E-state index is -0.683. The van der Waals surface area contributed by atoms with Crippen molar-refractivity contribution < 1.29 is 9.18 Å². The molecule has 0 bridgehead atoms. The molecule has 0 unspecified atom stereocenters. The first-order valence-corrected chi connectivity index (χ1v) is 9.18. The number of piperidine rings is 1. The van der Waals surface area contributed by atoms with Gasteiger partial charge in [0.2, 0.25) is 5.91 Å². The topological polar surface area (TPSA) is 59.0 Å². The Bertz CT molecular complexity index is 770. The van der Waals surface area contributed by atoms with Gasteiger partial charge in [0, 0.05) is 29.4 Å². The molecule has 0 saturated carbocycles. The molecule has 0 aliphatic carbocycles. The monoisotopic (exact) mass is 378 g/mol. The molecule has 1 aromatic heterocycles. The summed E-state index contributed by atoms with van der Waals surface area (Å²) < 4.78 is 15.1. The highest BCUT2D eigenvalue weighted by Crippen LogP contribution is 2.31. The van der Waals surface area contributed by atoms with Gasteiger partial charge in [0.15, 0.2) is 0 Å². The molecule has 1 aliphatic heterocycles. The van der Waals surface area contributed by atoms with Crippen molar-refractivity contribution in [3.63, 3.8) is 0 Å². The van der Waals surface area contributed by atoms with Crippen molar-refractivity contribution >= 4 is 17.5 Å². The van der Waals surface area contributed by atoms with Gasteiger partial charge in [-0.3, -0.25) is 9.48 Å². The molecular weight excluding hydrogens is 355 g/mol. The van der Waals surface area contributed by atoms with Crippen LogP contribution in [0.5, 0.6) is 0 Å². The normalized spacial score (nSPS) is 17.1. The van der Waals surface area contributed by atoms with Crippen LogP contribution in [0.4, 0.5) is 4.39 Å². The number of carbonyl (C=O) groups is 1. The molecule has 1 saturated heterocycles. The van der Waals surface area contributed by atoms with Crippen LogP contribution in [-0.2, 0) is 15.7 Å². The number of halogens is 2. The van der Waals surface area contributed by atoms with Crippen molar-refractivity contribution in [2.45, 2.75) is 37.6 Å². The van der Waals surface area contributed by atoms with E-state index in [4.69, 9.17) is 11.6 Å². The molecule has 26 heavy (non-hydrogen) atoms. The minimum absolute atomic E-state index is 0.0472. The quantitative estimate of drug-likeness (QED) is 0.841. The average Bonchev–Trinajstić information content (AvgIpc) is 3.15. The minimum Gasteiger partial charge on any atom is -0.353 e. The highest BCUT2D eigenvalue weighted by atomic mass is 35.5. The number of carbonyl (C=O) groups excluding carboxylic acids is 1. The Hall–Kier alpha value is -1.92. The molecule has 5 nitrogen and oxygen atoms in total. The van der Waals surface area contributed by atoms with E-state index in [0.717, 1.165) is 18.7 Å². The van der Waals surface area contributed by atoms with Gasteiger partial charge < -0.3 is 10.6 Å². The number of nitrogens with one attached hydrogen (secondary N) is 2. The number of amides is 1. The average molecular weight is 379 g/mol. The van der Waals surface area contributed by atoms with Crippen LogP contribution in [0.25, 0.3) is 0 Å². The zero-order chi connectivity index (χ0) is 18.8. The highest BCUT2D eigenvalue weighted by molar-refractivity contribution is 6.31. The Kier molecular flexibility index (Phi) is 5.34. The van der Waals surface area contributed by atoms with Crippen LogP contribution in [0.15, 0.2) is 36.7 Å². The predicted molar refractivity (Wildman–Crippen MR) is 99.8 cm³/mol. The lowest BCUT2D eigenvalue weighted by atomic mass is 9.83. The molecule has 1 amide bonds. The molecule has 2 N–H and O–H groups in total. The van der Waals surface area contributed by atoms with E-state index in [1.165, 1.54) is 12.1 Å². The SMILES string of the molecule is CC(C)(CNC(=O)C1(n2cccn2)CCNCC1)c1ccc(F)cc1Cl. The first-order chi connectivity index (χ1) is 12.3. The summed E-state index contributed by atoms with van der Waals surface area (Å²) in [6, 6.07) is 6.21. The highest BCUT2D eigenvalue weighted by Gasteiger charge is 2.42. The van der Waals surface area contributed by atoms with Crippen LogP contribution in [0, 0.1) is 5.82 Å². The van der Waals surface area contributed by atoms with Gasteiger partial charge in [-0.2, -0.15) is 5.10 Å². The summed E-state index contributed by atoms with van der Waals surface area (Å²) in [5, 5.41) is 11.1. The summed E-state index contributed by atoms with van der Waals surface area (Å²) in [4.78, 5) is 13.1. The summed E-state index contributed by atoms with van der Waals surface area (Å²) in [5.41, 5.74) is -0.310. The fourth-order valence-corrected chi connectivity index (χ4v) is 3.94. The van der Waals surface area contributed by atoms with Crippen molar-refractivity contribution in [2.75, 3.05) is 19.6 Å². The Balaban J connectivity index is 1.78. The standard InChI is InChI=1S/C19H24ClFN4O/c1-18(2,15-5-4-14(21)12-16(15)20)13-23-17(26)19(6-9-22-10-7-19)25-11-3-8-24-25/h3-5,8,11-12,22H,6-7,9-10,13H2,1-2H3,(H,23,26). The van der Waals surface area contributed by atoms with Crippen LogP contribution in [0.2, 0.25) is 5.02 Å². The van der Waals surface area contributed by atoms with E-state index in [2.05, 4.69) is 15.7 Å². The van der Waals surface area contributed by atoms with E-state index in [1.54, 1.807) is 16.9 Å². The molecule has 2 aromatic rings. The van der Waals surface area contributed by atoms with Crippen molar-refractivity contribution in [2.24, 2.45) is 0 Å². The molecule has 0 radical (unpaired) electrons. The third-order valence-corrected chi connectivity index (χ3v) is 5.46. The third kappa shape index (κ3) is 3.62. The molecule has 2 heterocycles. The molecule has 0 atom stereocenters. The lowest BCUT2D eigenvalue weighted by Gasteiger charge is -2.37. The van der Waals surface area contributed by atoms with Gasteiger partial charge in [-0.25, -0.2) is 4.39 Å². The van der Waals surface area contributed by atoms with Gasteiger partial charge in [-0.15, -0.1) is 0 Å². The van der Waals surface area contributed by atoms with Crippen LogP contribution in [0.1, 0.15) is 32.3 Å². The Morgan fingerprint density at radius 2 is 2.15 bits per heavy atom. The van der Waals surface area contributed by atoms with Crippen molar-refractivity contribution in [3.8, 4) is 0 Å². The molecule has 1 aromatic carbocycles. The van der Waals surface area contributed by atoms with E-state index < -0.39 is 11.0 Å². The Labute approximate surface area is 157 Å². The summed E-state index contributed by atoms with van der Waals surface area (Å²) in [7, 11) is 0. The van der Waals surface area contributed by atoms with E-state index in [-0.39, 0.29) is 11.7 Å². The zero-order valence-corrected chi connectivity index (χ0v) is 15.8. The maximum absolute atomic E-state index is 13.3. The number of aromatic nitrogens is 2. The second-order valence-corrected chi connectivity index (χ2v) is 7.83. The number of benzene rings is 1. The van der Waals surface area contributed by atoms with Gasteiger partial charge in [0.25, 0.3) is 0 Å². The molecule has 3 rings (SSSR count). The maximum atomic E-state index is 13.3. The van der Waals surface area contributed by atoms with Crippen molar-refractivity contribution in [1.29, 1.82) is 0 Å². The molecule has 1 fully saturated rings. The molecule has 1 aliphatic rings. The van der Waals surface area contributed by atoms with Crippen LogP contribution in [0.3, 0.4) is 0 Å². The number of hydrogen-bond acceptors (Lipinski definition) is 3. The fraction of sp³-hybridized carbons (Fsp3) is 0.474. The summed E-state index contributed by atoms with van der Waals surface area (Å²) in [5.74, 6) is -0.417. The third-order valence-electron chi connectivity index (χ3n) is 5.15. The summed E-state index contributed by atoms with van der Waals surface area (Å²) in [6.07, 6.45) is 4.89. The number of nitrogens with zero attached hydrogens (tertiary/aromatic N) is 2. The van der Waals surface area contributed by atoms with Gasteiger partial charge in [0.05, 0.1) is 0 Å². The summed E-state index contributed by atoms with van der Waals surface area (Å²) in [6.45, 7) is 5.89.